The maximum absolute atomic E-state index is 14.2. The smallest absolute Gasteiger partial charge is 0.323 e. The second-order valence-corrected chi connectivity index (χ2v) is 10.7. The average Bonchev–Trinajstić information content (AvgIpc) is 3.33. The number of thioether (sulfide) groups is 1. The first-order chi connectivity index (χ1) is 19.6. The molecule has 202 valence electrons. The number of imidazole rings is 1. The summed E-state index contributed by atoms with van der Waals surface area (Å²) in [5, 5.41) is 13.3. The predicted molar refractivity (Wildman–Crippen MR) is 160 cm³/mol. The summed E-state index contributed by atoms with van der Waals surface area (Å²) in [5.74, 6) is -0.267. The van der Waals surface area contributed by atoms with Crippen LogP contribution in [0.15, 0.2) is 120 Å². The third kappa shape index (κ3) is 5.95. The minimum atomic E-state index is -0.908. The van der Waals surface area contributed by atoms with Gasteiger partial charge in [-0.1, -0.05) is 115 Å². The van der Waals surface area contributed by atoms with Gasteiger partial charge in [0.05, 0.1) is 11.0 Å². The van der Waals surface area contributed by atoms with Crippen LogP contribution in [-0.2, 0) is 28.0 Å². The number of carboxylic acids is 1. The van der Waals surface area contributed by atoms with E-state index in [1.165, 1.54) is 11.8 Å². The number of para-hydroxylation sites is 2. The normalized spacial score (nSPS) is 11.4. The first-order valence-corrected chi connectivity index (χ1v) is 14.3. The van der Waals surface area contributed by atoms with Gasteiger partial charge in [0.25, 0.3) is 0 Å². The second kappa shape index (κ2) is 12.7. The molecule has 6 nitrogen and oxygen atoms in total. The zero-order valence-corrected chi connectivity index (χ0v) is 22.9. The Balaban J connectivity index is 1.34. The number of fused-ring (bicyclic) bond motifs is 1. The van der Waals surface area contributed by atoms with Crippen molar-refractivity contribution in [2.24, 2.45) is 0 Å². The first kappa shape index (κ1) is 27.2. The molecule has 0 saturated carbocycles. The van der Waals surface area contributed by atoms with Gasteiger partial charge in [0.15, 0.2) is 5.16 Å². The number of benzene rings is 4. The van der Waals surface area contributed by atoms with Crippen molar-refractivity contribution in [3.05, 3.63) is 132 Å². The van der Waals surface area contributed by atoms with Crippen LogP contribution in [0.25, 0.3) is 11.0 Å². The highest BCUT2D eigenvalue weighted by Crippen LogP contribution is 2.36. The number of nitrogens with zero attached hydrogens (tertiary/aromatic N) is 2. The molecule has 0 fully saturated rings. The Morgan fingerprint density at radius 3 is 2.00 bits per heavy atom. The lowest BCUT2D eigenvalue weighted by molar-refractivity contribution is -0.137. The number of amides is 1. The zero-order valence-electron chi connectivity index (χ0n) is 22.1. The zero-order chi connectivity index (χ0) is 27.8. The van der Waals surface area contributed by atoms with E-state index in [-0.39, 0.29) is 12.5 Å². The molecule has 0 radical (unpaired) electrons. The lowest BCUT2D eigenvalue weighted by atomic mass is 9.69. The fraction of sp³-hybridized carbons (Fsp3) is 0.182. The lowest BCUT2D eigenvalue weighted by Crippen LogP contribution is -2.47. The van der Waals surface area contributed by atoms with Crippen LogP contribution < -0.4 is 5.32 Å². The van der Waals surface area contributed by atoms with E-state index in [1.54, 1.807) is 4.57 Å². The van der Waals surface area contributed by atoms with Gasteiger partial charge in [-0.15, -0.1) is 0 Å². The molecule has 0 atom stereocenters. The number of carboxylic acid groups (broad SMARTS) is 1. The van der Waals surface area contributed by atoms with Crippen LogP contribution in [0, 0.1) is 0 Å². The Bertz CT molecular complexity index is 1530. The first-order valence-electron chi connectivity index (χ1n) is 13.3. The number of aliphatic carboxylic acids is 1. The maximum Gasteiger partial charge on any atom is 0.323 e. The summed E-state index contributed by atoms with van der Waals surface area (Å²) in [6, 6.07) is 37.6. The molecule has 0 aliphatic rings. The monoisotopic (exact) mass is 549 g/mol. The summed E-state index contributed by atoms with van der Waals surface area (Å²) in [7, 11) is 0. The number of carbonyl (C=O) groups is 2. The van der Waals surface area contributed by atoms with Crippen molar-refractivity contribution < 1.29 is 14.7 Å². The number of carbonyl (C=O) groups excluding carboxylic acids is 1. The van der Waals surface area contributed by atoms with Gasteiger partial charge in [0.2, 0.25) is 5.91 Å². The van der Waals surface area contributed by atoms with E-state index >= 15 is 0 Å². The molecule has 2 N–H and O–H groups in total. The molecule has 5 aromatic rings. The van der Waals surface area contributed by atoms with Crippen molar-refractivity contribution in [3.63, 3.8) is 0 Å². The highest BCUT2D eigenvalue weighted by atomic mass is 32.2. The number of aromatic nitrogens is 2. The number of rotatable bonds is 12. The molecule has 1 heterocycles. The van der Waals surface area contributed by atoms with E-state index in [1.807, 2.05) is 103 Å². The quantitative estimate of drug-likeness (QED) is 0.148. The van der Waals surface area contributed by atoms with Crippen LogP contribution in [0.2, 0.25) is 0 Å². The molecule has 40 heavy (non-hydrogen) atoms. The molecule has 0 aliphatic heterocycles. The topological polar surface area (TPSA) is 84.2 Å². The van der Waals surface area contributed by atoms with Gasteiger partial charge in [-0.25, -0.2) is 4.98 Å². The summed E-state index contributed by atoms with van der Waals surface area (Å²) in [6.45, 7) is 0.344. The fourth-order valence-corrected chi connectivity index (χ4v) is 6.05. The van der Waals surface area contributed by atoms with E-state index in [0.717, 1.165) is 27.7 Å². The fourth-order valence-electron chi connectivity index (χ4n) is 5.10. The Morgan fingerprint density at radius 1 is 0.800 bits per heavy atom. The Hall–Kier alpha value is -4.36. The molecule has 0 aliphatic carbocycles. The largest absolute Gasteiger partial charge is 0.480 e. The van der Waals surface area contributed by atoms with E-state index in [9.17, 15) is 14.7 Å². The molecule has 0 bridgehead atoms. The van der Waals surface area contributed by atoms with Crippen LogP contribution in [0.4, 0.5) is 0 Å². The second-order valence-electron chi connectivity index (χ2n) is 9.62. The predicted octanol–water partition coefficient (Wildman–Crippen LogP) is 5.95. The average molecular weight is 550 g/mol. The van der Waals surface area contributed by atoms with Crippen molar-refractivity contribution in [3.8, 4) is 0 Å². The van der Waals surface area contributed by atoms with Crippen LogP contribution in [0.1, 0.15) is 23.1 Å². The molecule has 7 heteroatoms. The summed E-state index contributed by atoms with van der Waals surface area (Å²) in [5.41, 5.74) is 3.65. The summed E-state index contributed by atoms with van der Waals surface area (Å²) >= 11 is 1.51. The summed E-state index contributed by atoms with van der Waals surface area (Å²) in [6.07, 6.45) is 1.24. The molecular formula is C33H31N3O3S. The maximum atomic E-state index is 14.2. The Morgan fingerprint density at radius 2 is 1.38 bits per heavy atom. The highest BCUT2D eigenvalue weighted by molar-refractivity contribution is 7.99. The van der Waals surface area contributed by atoms with E-state index in [0.29, 0.717) is 30.3 Å². The minimum Gasteiger partial charge on any atom is -0.480 e. The SMILES string of the molecule is O=C(O)Cn1c(SCCCNC(=O)C(Cc2ccccc2)(c2ccccc2)c2ccccc2)nc2ccccc21. The van der Waals surface area contributed by atoms with E-state index < -0.39 is 11.4 Å². The summed E-state index contributed by atoms with van der Waals surface area (Å²) in [4.78, 5) is 30.3. The molecule has 4 aromatic carbocycles. The van der Waals surface area contributed by atoms with Crippen molar-refractivity contribution in [2.45, 2.75) is 30.0 Å². The molecule has 1 aromatic heterocycles. The van der Waals surface area contributed by atoms with Crippen molar-refractivity contribution in [1.82, 2.24) is 14.9 Å². The number of hydrogen-bond acceptors (Lipinski definition) is 4. The molecule has 0 spiro atoms. The van der Waals surface area contributed by atoms with Gasteiger partial charge in [0.1, 0.15) is 12.0 Å². The number of nitrogens with one attached hydrogen (secondary N) is 1. The third-order valence-electron chi connectivity index (χ3n) is 6.98. The van der Waals surface area contributed by atoms with Gasteiger partial charge in [-0.3, -0.25) is 9.59 Å². The molecule has 0 saturated heterocycles. The Labute approximate surface area is 238 Å². The van der Waals surface area contributed by atoms with Crippen LogP contribution in [0.3, 0.4) is 0 Å². The standard InChI is InChI=1S/C33H31N3O3S/c37-30(38)24-36-29-20-11-10-19-28(29)35-32(36)40-22-12-21-34-31(39)33(26-15-6-2-7-16-26,27-17-8-3-9-18-27)23-25-13-4-1-5-14-25/h1-11,13-20H,12,21-24H2,(H,34,39)(H,37,38). The minimum absolute atomic E-state index is 0.0446. The highest BCUT2D eigenvalue weighted by Gasteiger charge is 2.41. The van der Waals surface area contributed by atoms with Gasteiger partial charge in [-0.2, -0.15) is 0 Å². The Kier molecular flexibility index (Phi) is 8.62. The van der Waals surface area contributed by atoms with E-state index in [4.69, 9.17) is 0 Å². The molecule has 5 rings (SSSR count). The van der Waals surface area contributed by atoms with Gasteiger partial charge >= 0.3 is 5.97 Å². The molecule has 0 unspecified atom stereocenters. The van der Waals surface area contributed by atoms with Crippen LogP contribution >= 0.6 is 11.8 Å². The van der Waals surface area contributed by atoms with Gasteiger partial charge in [-0.05, 0) is 41.7 Å². The van der Waals surface area contributed by atoms with Gasteiger partial charge in [0, 0.05) is 12.3 Å². The third-order valence-corrected chi connectivity index (χ3v) is 8.05. The molecular weight excluding hydrogens is 518 g/mol. The van der Waals surface area contributed by atoms with Crippen molar-refractivity contribution >= 4 is 34.7 Å². The van der Waals surface area contributed by atoms with Crippen molar-refractivity contribution in [2.75, 3.05) is 12.3 Å². The van der Waals surface area contributed by atoms with Crippen LogP contribution in [0.5, 0.6) is 0 Å². The lowest BCUT2D eigenvalue weighted by Gasteiger charge is -2.34. The summed E-state index contributed by atoms with van der Waals surface area (Å²) < 4.78 is 1.73. The van der Waals surface area contributed by atoms with Crippen LogP contribution in [-0.4, -0.2) is 38.8 Å². The number of hydrogen-bond donors (Lipinski definition) is 2. The van der Waals surface area contributed by atoms with Gasteiger partial charge < -0.3 is 15.0 Å². The van der Waals surface area contributed by atoms with Crippen molar-refractivity contribution in [1.29, 1.82) is 0 Å². The molecule has 1 amide bonds. The van der Waals surface area contributed by atoms with E-state index in [2.05, 4.69) is 22.4 Å².